The Morgan fingerprint density at radius 3 is 2.07 bits per heavy atom. The van der Waals surface area contributed by atoms with Gasteiger partial charge >= 0.3 is 0 Å². The fourth-order valence-corrected chi connectivity index (χ4v) is 2.32. The zero-order valence-corrected chi connectivity index (χ0v) is 9.76. The minimum atomic E-state index is -1.20. The number of hydrogen-bond donors (Lipinski definition) is 0. The van der Waals surface area contributed by atoms with Crippen LogP contribution >= 0.6 is 0 Å². The molecule has 0 amide bonds. The Morgan fingerprint density at radius 1 is 1.07 bits per heavy atom. The van der Waals surface area contributed by atoms with Crippen LogP contribution in [-0.4, -0.2) is 8.07 Å². The van der Waals surface area contributed by atoms with Crippen molar-refractivity contribution >= 4 is 13.3 Å². The Morgan fingerprint density at radius 2 is 1.64 bits per heavy atom. The number of hydrogen-bond acceptors (Lipinski definition) is 1. The molecule has 0 saturated heterocycles. The second-order valence-corrected chi connectivity index (χ2v) is 9.27. The molecule has 1 rings (SSSR count). The normalized spacial score (nSPS) is 9.86. The van der Waals surface area contributed by atoms with Crippen LogP contribution in [-0.2, 0) is 0 Å². The molecule has 0 heterocycles. The largest absolute Gasteiger partial charge is 0.183 e. The lowest BCUT2D eigenvalue weighted by molar-refractivity contribution is 1.55. The fourth-order valence-electron chi connectivity index (χ4n) is 1.15. The van der Waals surface area contributed by atoms with E-state index in [1.807, 2.05) is 18.2 Å². The molecule has 0 fully saturated rings. The van der Waals surface area contributed by atoms with Crippen molar-refractivity contribution in [1.82, 2.24) is 0 Å². The van der Waals surface area contributed by atoms with Crippen LogP contribution < -0.4 is 5.19 Å². The van der Waals surface area contributed by atoms with E-state index in [-0.39, 0.29) is 0 Å². The van der Waals surface area contributed by atoms with Gasteiger partial charge in [0.25, 0.3) is 0 Å². The third-order valence-corrected chi connectivity index (χ3v) is 4.08. The van der Waals surface area contributed by atoms with Gasteiger partial charge in [0.1, 0.15) is 0 Å². The Bertz CT molecular complexity index is 407. The van der Waals surface area contributed by atoms with E-state index in [0.717, 1.165) is 5.56 Å². The van der Waals surface area contributed by atoms with Crippen molar-refractivity contribution in [3.05, 3.63) is 29.8 Å². The van der Waals surface area contributed by atoms with E-state index >= 15 is 0 Å². The molecule has 0 radical (unpaired) electrons. The van der Waals surface area contributed by atoms with E-state index in [2.05, 4.69) is 43.6 Å². The van der Waals surface area contributed by atoms with Crippen LogP contribution in [0.1, 0.15) is 5.56 Å². The van der Waals surface area contributed by atoms with E-state index in [1.54, 1.807) is 0 Å². The quantitative estimate of drug-likeness (QED) is 0.502. The van der Waals surface area contributed by atoms with E-state index in [0.29, 0.717) is 0 Å². The van der Waals surface area contributed by atoms with Crippen LogP contribution in [0.15, 0.2) is 24.3 Å². The van der Waals surface area contributed by atoms with Gasteiger partial charge in [0.15, 0.2) is 6.07 Å². The summed E-state index contributed by atoms with van der Waals surface area (Å²) in [5, 5.41) is 9.71. The summed E-state index contributed by atoms with van der Waals surface area (Å²) in [4.78, 5) is 0. The van der Waals surface area contributed by atoms with Gasteiger partial charge in [-0.3, -0.25) is 0 Å². The molecule has 0 saturated carbocycles. The van der Waals surface area contributed by atoms with Crippen LogP contribution in [0, 0.1) is 23.2 Å². The molecule has 1 nitrogen and oxygen atoms in total. The molecule has 70 valence electrons. The van der Waals surface area contributed by atoms with E-state index in [4.69, 9.17) is 5.26 Å². The van der Waals surface area contributed by atoms with Crippen molar-refractivity contribution in [2.75, 3.05) is 0 Å². The molecule has 0 aliphatic rings. The number of rotatable bonds is 1. The van der Waals surface area contributed by atoms with Gasteiger partial charge < -0.3 is 0 Å². The summed E-state index contributed by atoms with van der Waals surface area (Å²) in [6, 6.07) is 10.0. The van der Waals surface area contributed by atoms with Gasteiger partial charge in [0.05, 0.1) is 8.07 Å². The summed E-state index contributed by atoms with van der Waals surface area (Å²) in [6.45, 7) is 6.93. The smallest absolute Gasteiger partial charge is 0.152 e. The molecule has 0 bridgehead atoms. The molecule has 0 aromatic heterocycles. The maximum absolute atomic E-state index is 8.29. The molecular formula is C12H13NSi. The van der Waals surface area contributed by atoms with E-state index < -0.39 is 8.07 Å². The van der Waals surface area contributed by atoms with Crippen molar-refractivity contribution in [3.8, 4) is 17.9 Å². The first-order valence-electron chi connectivity index (χ1n) is 4.54. The zero-order chi connectivity index (χ0) is 10.6. The van der Waals surface area contributed by atoms with Crippen molar-refractivity contribution < 1.29 is 0 Å². The molecule has 0 spiro atoms. The highest BCUT2D eigenvalue weighted by Gasteiger charge is 2.15. The first-order chi connectivity index (χ1) is 6.54. The standard InChI is InChI=1S/C12H13NSi/c1-14(2,3)12-8-6-11(7-9-12)5-4-10-13/h6-9H,1-3H3. The monoisotopic (exact) mass is 199 g/mol. The summed E-state index contributed by atoms with van der Waals surface area (Å²) < 4.78 is 0. The second kappa shape index (κ2) is 4.13. The van der Waals surface area contributed by atoms with Gasteiger partial charge in [-0.2, -0.15) is 5.26 Å². The van der Waals surface area contributed by atoms with Crippen molar-refractivity contribution in [3.63, 3.8) is 0 Å². The molecule has 1 aromatic carbocycles. The minimum Gasteiger partial charge on any atom is -0.183 e. The first-order valence-corrected chi connectivity index (χ1v) is 8.04. The highest BCUT2D eigenvalue weighted by molar-refractivity contribution is 6.88. The summed E-state index contributed by atoms with van der Waals surface area (Å²) >= 11 is 0. The predicted octanol–water partition coefficient (Wildman–Crippen LogP) is 2.11. The molecule has 2 heteroatoms. The van der Waals surface area contributed by atoms with Gasteiger partial charge in [-0.15, -0.1) is 0 Å². The van der Waals surface area contributed by atoms with Crippen molar-refractivity contribution in [2.45, 2.75) is 19.6 Å². The average molecular weight is 199 g/mol. The Hall–Kier alpha value is -1.51. The van der Waals surface area contributed by atoms with Gasteiger partial charge in [0, 0.05) is 11.5 Å². The Kier molecular flexibility index (Phi) is 3.12. The van der Waals surface area contributed by atoms with Crippen molar-refractivity contribution in [1.29, 1.82) is 5.26 Å². The van der Waals surface area contributed by atoms with Crippen molar-refractivity contribution in [2.24, 2.45) is 0 Å². The average Bonchev–Trinajstić information content (AvgIpc) is 2.14. The third-order valence-electron chi connectivity index (χ3n) is 2.01. The van der Waals surface area contributed by atoms with Crippen LogP contribution in [0.5, 0.6) is 0 Å². The molecule has 0 aliphatic heterocycles. The highest BCUT2D eigenvalue weighted by atomic mass is 28.3. The van der Waals surface area contributed by atoms with Crippen LogP contribution in [0.2, 0.25) is 19.6 Å². The van der Waals surface area contributed by atoms with Crippen LogP contribution in [0.25, 0.3) is 0 Å². The lowest BCUT2D eigenvalue weighted by Crippen LogP contribution is -2.37. The zero-order valence-electron chi connectivity index (χ0n) is 8.76. The molecule has 0 N–H and O–H groups in total. The van der Waals surface area contributed by atoms with Gasteiger partial charge in [-0.1, -0.05) is 42.9 Å². The Balaban J connectivity index is 2.96. The number of nitrogens with zero attached hydrogens (tertiary/aromatic N) is 1. The van der Waals surface area contributed by atoms with E-state index in [9.17, 15) is 0 Å². The summed E-state index contributed by atoms with van der Waals surface area (Å²) in [6.07, 6.45) is 0. The Labute approximate surface area is 86.4 Å². The lowest BCUT2D eigenvalue weighted by Gasteiger charge is -2.15. The minimum absolute atomic E-state index is 0.911. The molecule has 1 aromatic rings. The maximum Gasteiger partial charge on any atom is 0.152 e. The topological polar surface area (TPSA) is 23.8 Å². The molecule has 14 heavy (non-hydrogen) atoms. The first kappa shape index (κ1) is 10.6. The van der Waals surface area contributed by atoms with Gasteiger partial charge in [-0.05, 0) is 12.1 Å². The summed E-state index contributed by atoms with van der Waals surface area (Å²) in [5.41, 5.74) is 0.911. The van der Waals surface area contributed by atoms with Crippen LogP contribution in [0.4, 0.5) is 0 Å². The fraction of sp³-hybridized carbons (Fsp3) is 0.250. The number of benzene rings is 1. The van der Waals surface area contributed by atoms with Gasteiger partial charge in [0.2, 0.25) is 0 Å². The number of nitriles is 1. The summed E-state index contributed by atoms with van der Waals surface area (Å²) in [7, 11) is -1.20. The molecule has 0 unspecified atom stereocenters. The summed E-state index contributed by atoms with van der Waals surface area (Å²) in [5.74, 6) is 5.17. The van der Waals surface area contributed by atoms with E-state index in [1.165, 1.54) is 5.19 Å². The SMILES string of the molecule is C[Si](C)(C)c1ccc(C#CC#N)cc1. The lowest BCUT2D eigenvalue weighted by atomic mass is 10.2. The molecule has 0 atom stereocenters. The highest BCUT2D eigenvalue weighted by Crippen LogP contribution is 2.03. The molecular weight excluding hydrogens is 186 g/mol. The van der Waals surface area contributed by atoms with Crippen LogP contribution in [0.3, 0.4) is 0 Å². The maximum atomic E-state index is 8.29. The predicted molar refractivity (Wildman–Crippen MR) is 61.9 cm³/mol. The molecule has 0 aliphatic carbocycles. The van der Waals surface area contributed by atoms with Gasteiger partial charge in [-0.25, -0.2) is 0 Å². The third kappa shape index (κ3) is 2.76. The second-order valence-electron chi connectivity index (χ2n) is 4.19.